The molecule has 0 atom stereocenters. The van der Waals surface area contributed by atoms with Crippen LogP contribution in [0, 0.1) is 21.0 Å². The highest BCUT2D eigenvalue weighted by Gasteiger charge is 2.27. The number of carboxylic acids is 1. The summed E-state index contributed by atoms with van der Waals surface area (Å²) in [6.07, 6.45) is 0. The van der Waals surface area contributed by atoms with Crippen molar-refractivity contribution in [2.24, 2.45) is 0 Å². The van der Waals surface area contributed by atoms with Gasteiger partial charge in [-0.2, -0.15) is 4.39 Å². The van der Waals surface area contributed by atoms with Crippen LogP contribution in [-0.4, -0.2) is 24.1 Å². The van der Waals surface area contributed by atoms with Gasteiger partial charge in [0.1, 0.15) is 16.9 Å². The van der Waals surface area contributed by atoms with Gasteiger partial charge in [0.15, 0.2) is 11.6 Å². The summed E-state index contributed by atoms with van der Waals surface area (Å²) in [5.41, 5.74) is -0.967. The molecule has 0 saturated carbocycles. The molecule has 10 heteroatoms. The fraction of sp³-hybridized carbons (Fsp3) is 0.0526. The van der Waals surface area contributed by atoms with Crippen LogP contribution in [0.25, 0.3) is 10.4 Å². The van der Waals surface area contributed by atoms with E-state index in [0.717, 1.165) is 22.0 Å². The predicted molar refractivity (Wildman–Crippen MR) is 110 cm³/mol. The van der Waals surface area contributed by atoms with Gasteiger partial charge in [-0.3, -0.25) is 4.79 Å². The molecule has 1 aromatic heterocycles. The largest absolute Gasteiger partial charge is 0.493 e. The number of methoxy groups -OCH3 is 1. The number of ether oxygens (including phenoxy) is 1. The van der Waals surface area contributed by atoms with E-state index in [1.807, 2.05) is 6.07 Å². The molecule has 1 heterocycles. The summed E-state index contributed by atoms with van der Waals surface area (Å²) >= 11 is 3.11. The Bertz CT molecular complexity index is 1130. The summed E-state index contributed by atoms with van der Waals surface area (Å²) in [5.74, 6) is -7.96. The number of anilines is 1. The first-order valence-corrected chi connectivity index (χ1v) is 9.84. The van der Waals surface area contributed by atoms with Crippen molar-refractivity contribution in [2.75, 3.05) is 12.4 Å². The molecule has 0 spiro atoms. The van der Waals surface area contributed by atoms with Gasteiger partial charge in [0, 0.05) is 15.0 Å². The molecule has 0 radical (unpaired) electrons. The van der Waals surface area contributed by atoms with Gasteiger partial charge < -0.3 is 15.2 Å². The lowest BCUT2D eigenvalue weighted by Gasteiger charge is -2.10. The first kappa shape index (κ1) is 21.1. The molecule has 1 amide bonds. The van der Waals surface area contributed by atoms with Crippen LogP contribution in [0.3, 0.4) is 0 Å². The Balaban J connectivity index is 2.03. The number of hydrogen-bond donors (Lipinski definition) is 2. The normalized spacial score (nSPS) is 10.7. The second-order valence-electron chi connectivity index (χ2n) is 5.69. The second-order valence-corrected chi connectivity index (χ2v) is 7.81. The summed E-state index contributed by atoms with van der Waals surface area (Å²) in [5, 5.41) is 13.1. The van der Waals surface area contributed by atoms with Crippen LogP contribution >= 0.6 is 33.9 Å². The van der Waals surface area contributed by atoms with E-state index in [1.54, 1.807) is 18.2 Å². The number of thiophene rings is 1. The average Bonchev–Trinajstić information content (AvgIpc) is 3.08. The van der Waals surface area contributed by atoms with Crippen LogP contribution < -0.4 is 10.1 Å². The van der Waals surface area contributed by atoms with E-state index in [2.05, 4.69) is 32.6 Å². The maximum absolute atomic E-state index is 14.2. The average molecular weight is 533 g/mol. The van der Waals surface area contributed by atoms with E-state index < -0.39 is 40.6 Å². The van der Waals surface area contributed by atoms with E-state index in [4.69, 9.17) is 0 Å². The molecule has 3 rings (SSSR count). The molecular weight excluding hydrogens is 522 g/mol. The van der Waals surface area contributed by atoms with Gasteiger partial charge in [-0.1, -0.05) is 12.1 Å². The SMILES string of the molecule is COc1cc(F)c(C(=O)Nc2csc(-c3cccc(I)c3)c2C(=O)O)c(F)c1F. The molecule has 0 unspecified atom stereocenters. The van der Waals surface area contributed by atoms with Gasteiger partial charge in [-0.15, -0.1) is 11.3 Å². The number of carboxylic acid groups (broad SMARTS) is 1. The summed E-state index contributed by atoms with van der Waals surface area (Å²) in [4.78, 5) is 24.5. The molecule has 150 valence electrons. The molecule has 0 aliphatic carbocycles. The van der Waals surface area contributed by atoms with Crippen LogP contribution in [0.5, 0.6) is 5.75 Å². The number of nitrogens with one attached hydrogen (secondary N) is 1. The molecule has 2 N–H and O–H groups in total. The minimum absolute atomic E-state index is 0.156. The summed E-state index contributed by atoms with van der Waals surface area (Å²) in [6, 6.07) is 7.55. The molecule has 0 aliphatic rings. The zero-order valence-electron chi connectivity index (χ0n) is 14.6. The van der Waals surface area contributed by atoms with Crippen LogP contribution in [0.1, 0.15) is 20.7 Å². The monoisotopic (exact) mass is 533 g/mol. The van der Waals surface area contributed by atoms with Gasteiger partial charge in [0.25, 0.3) is 5.91 Å². The van der Waals surface area contributed by atoms with Crippen molar-refractivity contribution in [1.29, 1.82) is 0 Å². The van der Waals surface area contributed by atoms with E-state index in [9.17, 15) is 27.9 Å². The van der Waals surface area contributed by atoms with Gasteiger partial charge in [-0.25, -0.2) is 13.6 Å². The minimum atomic E-state index is -1.73. The van der Waals surface area contributed by atoms with Crippen molar-refractivity contribution < 1.29 is 32.6 Å². The van der Waals surface area contributed by atoms with Crippen LogP contribution in [0.15, 0.2) is 35.7 Å². The molecule has 0 fully saturated rings. The van der Waals surface area contributed by atoms with Crippen LogP contribution in [0.2, 0.25) is 0 Å². The number of benzene rings is 2. The molecule has 0 saturated heterocycles. The molecule has 0 bridgehead atoms. The highest BCUT2D eigenvalue weighted by atomic mass is 127. The molecule has 0 aliphatic heterocycles. The lowest BCUT2D eigenvalue weighted by molar-refractivity contribution is 0.0699. The Morgan fingerprint density at radius 1 is 1.14 bits per heavy atom. The molecular formula is C19H11F3INO4S. The first-order valence-electron chi connectivity index (χ1n) is 7.88. The van der Waals surface area contributed by atoms with E-state index in [-0.39, 0.29) is 11.3 Å². The van der Waals surface area contributed by atoms with Gasteiger partial charge >= 0.3 is 5.97 Å². The Hall–Kier alpha value is -2.60. The number of aromatic carboxylic acids is 1. The third-order valence-corrected chi connectivity index (χ3v) is 5.61. The number of carbonyl (C=O) groups is 2. The van der Waals surface area contributed by atoms with Crippen molar-refractivity contribution in [2.45, 2.75) is 0 Å². The standard InChI is InChI=1S/C19H11F3INO4S/c1-28-12-6-10(20)13(16(22)15(12)21)18(25)24-11-7-29-17(14(11)19(26)27)8-3-2-4-9(23)5-8/h2-7H,1H3,(H,24,25)(H,26,27). The van der Waals surface area contributed by atoms with Crippen molar-refractivity contribution in [3.8, 4) is 16.2 Å². The van der Waals surface area contributed by atoms with Crippen molar-refractivity contribution in [3.63, 3.8) is 0 Å². The van der Waals surface area contributed by atoms with Crippen LogP contribution in [0.4, 0.5) is 18.9 Å². The number of rotatable bonds is 5. The molecule has 5 nitrogen and oxygen atoms in total. The molecule has 3 aromatic rings. The van der Waals surface area contributed by atoms with Gasteiger partial charge in [0.05, 0.1) is 17.7 Å². The minimum Gasteiger partial charge on any atom is -0.493 e. The van der Waals surface area contributed by atoms with E-state index >= 15 is 0 Å². The lowest BCUT2D eigenvalue weighted by atomic mass is 10.1. The number of carbonyl (C=O) groups excluding carboxylic acids is 1. The Morgan fingerprint density at radius 2 is 1.86 bits per heavy atom. The van der Waals surface area contributed by atoms with E-state index in [1.165, 1.54) is 5.38 Å². The quantitative estimate of drug-likeness (QED) is 0.341. The van der Waals surface area contributed by atoms with Crippen molar-refractivity contribution in [1.82, 2.24) is 0 Å². The topological polar surface area (TPSA) is 75.6 Å². The Labute approximate surface area is 180 Å². The fourth-order valence-corrected chi connectivity index (χ4v) is 4.15. The maximum Gasteiger partial charge on any atom is 0.339 e. The van der Waals surface area contributed by atoms with Crippen molar-refractivity contribution >= 4 is 51.5 Å². The maximum atomic E-state index is 14.2. The Kier molecular flexibility index (Phi) is 6.13. The van der Waals surface area contributed by atoms with Crippen LogP contribution in [-0.2, 0) is 0 Å². The fourth-order valence-electron chi connectivity index (χ4n) is 2.62. The highest BCUT2D eigenvalue weighted by Crippen LogP contribution is 2.37. The van der Waals surface area contributed by atoms with Crippen molar-refractivity contribution in [3.05, 3.63) is 67.9 Å². The number of halogens is 4. The summed E-state index contributed by atoms with van der Waals surface area (Å²) in [6.45, 7) is 0. The zero-order valence-corrected chi connectivity index (χ0v) is 17.5. The first-order chi connectivity index (χ1) is 13.7. The number of hydrogen-bond acceptors (Lipinski definition) is 4. The third-order valence-electron chi connectivity index (χ3n) is 3.91. The highest BCUT2D eigenvalue weighted by molar-refractivity contribution is 14.1. The van der Waals surface area contributed by atoms with E-state index in [0.29, 0.717) is 16.5 Å². The summed E-state index contributed by atoms with van der Waals surface area (Å²) in [7, 11) is 1.02. The molecule has 29 heavy (non-hydrogen) atoms. The predicted octanol–water partition coefficient (Wildman–Crippen LogP) is 5.40. The van der Waals surface area contributed by atoms with Gasteiger partial charge in [0.2, 0.25) is 5.82 Å². The van der Waals surface area contributed by atoms with Gasteiger partial charge in [-0.05, 0) is 40.3 Å². The lowest BCUT2D eigenvalue weighted by Crippen LogP contribution is -2.18. The second kappa shape index (κ2) is 8.41. The number of amides is 1. The third kappa shape index (κ3) is 4.08. The summed E-state index contributed by atoms with van der Waals surface area (Å²) < 4.78 is 47.6. The smallest absolute Gasteiger partial charge is 0.339 e. The Morgan fingerprint density at radius 3 is 2.48 bits per heavy atom. The molecule has 2 aromatic carbocycles. The zero-order chi connectivity index (χ0) is 21.3.